The molecule has 23 heavy (non-hydrogen) atoms. The summed E-state index contributed by atoms with van der Waals surface area (Å²) in [4.78, 5) is 23.6. The lowest BCUT2D eigenvalue weighted by molar-refractivity contribution is -0.274. The van der Waals surface area contributed by atoms with Gasteiger partial charge in [-0.05, 0) is 24.1 Å². The number of carbonyl (C=O) groups excluding carboxylic acids is 2. The molecule has 0 unspecified atom stereocenters. The van der Waals surface area contributed by atoms with E-state index in [1.165, 1.54) is 0 Å². The highest BCUT2D eigenvalue weighted by molar-refractivity contribution is 5.97. The maximum Gasteiger partial charge on any atom is 0.573 e. The first-order valence-corrected chi connectivity index (χ1v) is 6.49. The maximum absolute atomic E-state index is 13.7. The highest BCUT2D eigenvalue weighted by atomic mass is 19.4. The third kappa shape index (κ3) is 5.42. The average Bonchev–Trinajstić information content (AvgIpc) is 2.43. The molecule has 1 aromatic rings. The van der Waals surface area contributed by atoms with Crippen LogP contribution < -0.4 is 10.1 Å². The molecular formula is C14H15F4NO4. The van der Waals surface area contributed by atoms with Crippen molar-refractivity contribution in [2.75, 3.05) is 7.11 Å². The fourth-order valence-corrected chi connectivity index (χ4v) is 1.72. The highest BCUT2D eigenvalue weighted by Crippen LogP contribution is 2.24. The van der Waals surface area contributed by atoms with Crippen LogP contribution in [0.25, 0.3) is 0 Å². The summed E-state index contributed by atoms with van der Waals surface area (Å²) in [6.45, 7) is 3.23. The minimum Gasteiger partial charge on any atom is -0.467 e. The number of rotatable bonds is 5. The van der Waals surface area contributed by atoms with Crippen molar-refractivity contribution in [3.63, 3.8) is 0 Å². The quantitative estimate of drug-likeness (QED) is 0.663. The van der Waals surface area contributed by atoms with Gasteiger partial charge < -0.3 is 14.8 Å². The zero-order valence-corrected chi connectivity index (χ0v) is 12.5. The molecule has 1 N–H and O–H groups in total. The summed E-state index contributed by atoms with van der Waals surface area (Å²) in [6.07, 6.45) is -4.97. The van der Waals surface area contributed by atoms with Gasteiger partial charge >= 0.3 is 12.3 Å². The van der Waals surface area contributed by atoms with Crippen LogP contribution in [0.15, 0.2) is 18.2 Å². The smallest absolute Gasteiger partial charge is 0.467 e. The standard InChI is InChI=1S/C14H15F4NO4/c1-7(2)11(13(21)22-3)19-12(20)9-6-8(4-5-10(9)15)23-14(16,17)18/h4-7,11H,1-3H3,(H,19,20)/t11-/m1/s1. The van der Waals surface area contributed by atoms with Crippen molar-refractivity contribution in [3.05, 3.63) is 29.6 Å². The molecule has 0 radical (unpaired) electrons. The number of carbonyl (C=O) groups is 2. The van der Waals surface area contributed by atoms with Crippen LogP contribution in [0.1, 0.15) is 24.2 Å². The molecule has 0 aliphatic carbocycles. The summed E-state index contributed by atoms with van der Waals surface area (Å²) in [7, 11) is 1.11. The zero-order chi connectivity index (χ0) is 17.8. The number of benzene rings is 1. The minimum atomic E-state index is -4.97. The van der Waals surface area contributed by atoms with E-state index in [2.05, 4.69) is 14.8 Å². The van der Waals surface area contributed by atoms with Crippen molar-refractivity contribution >= 4 is 11.9 Å². The van der Waals surface area contributed by atoms with Gasteiger partial charge in [0, 0.05) is 0 Å². The number of alkyl halides is 3. The van der Waals surface area contributed by atoms with E-state index in [0.717, 1.165) is 13.2 Å². The Bertz CT molecular complexity index is 587. The zero-order valence-electron chi connectivity index (χ0n) is 12.5. The first-order valence-electron chi connectivity index (χ1n) is 6.49. The molecule has 0 aliphatic rings. The van der Waals surface area contributed by atoms with E-state index in [0.29, 0.717) is 12.1 Å². The second-order valence-electron chi connectivity index (χ2n) is 4.91. The number of hydrogen-bond acceptors (Lipinski definition) is 4. The van der Waals surface area contributed by atoms with Crippen molar-refractivity contribution in [1.82, 2.24) is 5.32 Å². The Morgan fingerprint density at radius 2 is 1.83 bits per heavy atom. The van der Waals surface area contributed by atoms with E-state index in [1.54, 1.807) is 13.8 Å². The molecule has 128 valence electrons. The van der Waals surface area contributed by atoms with Gasteiger partial charge in [-0.25, -0.2) is 9.18 Å². The van der Waals surface area contributed by atoms with Gasteiger partial charge in [-0.2, -0.15) is 0 Å². The molecule has 0 aromatic heterocycles. The van der Waals surface area contributed by atoms with Crippen LogP contribution in [-0.2, 0) is 9.53 Å². The first kappa shape index (κ1) is 18.7. The fraction of sp³-hybridized carbons (Fsp3) is 0.429. The van der Waals surface area contributed by atoms with E-state index in [-0.39, 0.29) is 5.92 Å². The number of amides is 1. The van der Waals surface area contributed by atoms with Gasteiger partial charge in [-0.3, -0.25) is 4.79 Å². The predicted octanol–water partition coefficient (Wildman–Crippen LogP) is 2.65. The number of methoxy groups -OCH3 is 1. The second-order valence-corrected chi connectivity index (χ2v) is 4.91. The molecule has 1 atom stereocenters. The molecule has 0 aliphatic heterocycles. The molecule has 1 amide bonds. The molecule has 0 spiro atoms. The Morgan fingerprint density at radius 1 is 1.22 bits per heavy atom. The lowest BCUT2D eigenvalue weighted by atomic mass is 10.0. The summed E-state index contributed by atoms with van der Waals surface area (Å²) in [5.74, 6) is -3.98. The molecule has 0 saturated heterocycles. The Morgan fingerprint density at radius 3 is 2.30 bits per heavy atom. The van der Waals surface area contributed by atoms with Crippen LogP contribution in [-0.4, -0.2) is 31.4 Å². The normalized spacial score (nSPS) is 12.7. The summed E-state index contributed by atoms with van der Waals surface area (Å²) in [5.41, 5.74) is -0.679. The lowest BCUT2D eigenvalue weighted by Crippen LogP contribution is -2.45. The molecule has 1 aromatic carbocycles. The summed E-state index contributed by atoms with van der Waals surface area (Å²) >= 11 is 0. The van der Waals surface area contributed by atoms with Crippen LogP contribution in [0.5, 0.6) is 5.75 Å². The second kappa shape index (κ2) is 7.30. The van der Waals surface area contributed by atoms with E-state index in [1.807, 2.05) is 0 Å². The van der Waals surface area contributed by atoms with Crippen LogP contribution in [0, 0.1) is 11.7 Å². The van der Waals surface area contributed by atoms with Gasteiger partial charge in [-0.15, -0.1) is 13.2 Å². The van der Waals surface area contributed by atoms with E-state index in [4.69, 9.17) is 0 Å². The van der Waals surface area contributed by atoms with Crippen LogP contribution in [0.4, 0.5) is 17.6 Å². The van der Waals surface area contributed by atoms with Gasteiger partial charge in [0.15, 0.2) is 0 Å². The van der Waals surface area contributed by atoms with Crippen molar-refractivity contribution in [2.24, 2.45) is 5.92 Å². The SMILES string of the molecule is COC(=O)[C@H](NC(=O)c1cc(OC(F)(F)F)ccc1F)C(C)C. The van der Waals surface area contributed by atoms with Gasteiger partial charge in [0.05, 0.1) is 12.7 Å². The summed E-state index contributed by atoms with van der Waals surface area (Å²) < 4.78 is 58.3. The number of esters is 1. The Labute approximate surface area is 129 Å². The fourth-order valence-electron chi connectivity index (χ4n) is 1.72. The van der Waals surface area contributed by atoms with Crippen molar-refractivity contribution in [1.29, 1.82) is 0 Å². The van der Waals surface area contributed by atoms with Crippen molar-refractivity contribution in [3.8, 4) is 5.75 Å². The lowest BCUT2D eigenvalue weighted by Gasteiger charge is -2.20. The summed E-state index contributed by atoms with van der Waals surface area (Å²) in [6, 6.07) is 0.935. The minimum absolute atomic E-state index is 0.371. The van der Waals surface area contributed by atoms with Gasteiger partial charge in [0.2, 0.25) is 0 Å². The molecule has 0 saturated carbocycles. The number of hydrogen-bond donors (Lipinski definition) is 1. The molecule has 0 heterocycles. The Balaban J connectivity index is 3.02. The monoisotopic (exact) mass is 337 g/mol. The third-order valence-electron chi connectivity index (χ3n) is 2.82. The average molecular weight is 337 g/mol. The van der Waals surface area contributed by atoms with Gasteiger partial charge in [0.1, 0.15) is 17.6 Å². The van der Waals surface area contributed by atoms with Gasteiger partial charge in [0.25, 0.3) is 5.91 Å². The molecule has 0 bridgehead atoms. The third-order valence-corrected chi connectivity index (χ3v) is 2.82. The highest BCUT2D eigenvalue weighted by Gasteiger charge is 2.32. The molecule has 1 rings (SSSR count). The maximum atomic E-state index is 13.7. The van der Waals surface area contributed by atoms with Crippen LogP contribution in [0.3, 0.4) is 0 Å². The predicted molar refractivity (Wildman–Crippen MR) is 71.2 cm³/mol. The molecule has 5 nitrogen and oxygen atoms in total. The van der Waals surface area contributed by atoms with E-state index in [9.17, 15) is 27.2 Å². The molecule has 9 heteroatoms. The molecular weight excluding hydrogens is 322 g/mol. The van der Waals surface area contributed by atoms with Crippen molar-refractivity contribution in [2.45, 2.75) is 26.3 Å². The number of ether oxygens (including phenoxy) is 2. The first-order chi connectivity index (χ1) is 10.5. The van der Waals surface area contributed by atoms with E-state index >= 15 is 0 Å². The van der Waals surface area contributed by atoms with Crippen LogP contribution in [0.2, 0.25) is 0 Å². The number of halogens is 4. The topological polar surface area (TPSA) is 64.6 Å². The van der Waals surface area contributed by atoms with E-state index < -0.39 is 41.4 Å². The largest absolute Gasteiger partial charge is 0.573 e. The van der Waals surface area contributed by atoms with Gasteiger partial charge in [-0.1, -0.05) is 13.8 Å². The Hall–Kier alpha value is -2.32. The number of nitrogens with one attached hydrogen (secondary N) is 1. The van der Waals surface area contributed by atoms with Crippen LogP contribution >= 0.6 is 0 Å². The summed E-state index contributed by atoms with van der Waals surface area (Å²) in [5, 5.41) is 2.22. The molecule has 0 fully saturated rings. The van der Waals surface area contributed by atoms with Crippen molar-refractivity contribution < 1.29 is 36.6 Å². The Kier molecular flexibility index (Phi) is 5.94.